The number of carbonyl (C=O) groups is 1. The number of hydrogen-bond donors (Lipinski definition) is 2. The van der Waals surface area contributed by atoms with Gasteiger partial charge in [-0.05, 0) is 35.2 Å². The Bertz CT molecular complexity index is 726. The third-order valence-corrected chi connectivity index (χ3v) is 4.81. The number of hydrogen-bond acceptors (Lipinski definition) is 3. The van der Waals surface area contributed by atoms with Crippen LogP contribution in [0.4, 0.5) is 10.5 Å². The molecule has 2 aromatic rings. The van der Waals surface area contributed by atoms with Crippen molar-refractivity contribution in [3.63, 3.8) is 0 Å². The van der Waals surface area contributed by atoms with E-state index in [1.807, 2.05) is 30.3 Å². The fourth-order valence-corrected chi connectivity index (χ4v) is 3.50. The second kappa shape index (κ2) is 9.01. The summed E-state index contributed by atoms with van der Waals surface area (Å²) in [4.78, 5) is 14.8. The fourth-order valence-electron chi connectivity index (χ4n) is 3.50. The number of morpholine rings is 1. The molecule has 1 atom stereocenters. The van der Waals surface area contributed by atoms with E-state index < -0.39 is 0 Å². The Morgan fingerprint density at radius 1 is 1.12 bits per heavy atom. The summed E-state index contributed by atoms with van der Waals surface area (Å²) in [7, 11) is 0. The molecule has 1 unspecified atom stereocenters. The lowest BCUT2D eigenvalue weighted by molar-refractivity contribution is 0.0130. The second-order valence-corrected chi connectivity index (χ2v) is 7.33. The van der Waals surface area contributed by atoms with Crippen molar-refractivity contribution in [2.24, 2.45) is 5.92 Å². The predicted octanol–water partition coefficient (Wildman–Crippen LogP) is 3.71. The predicted molar refractivity (Wildman–Crippen MR) is 107 cm³/mol. The van der Waals surface area contributed by atoms with Gasteiger partial charge in [-0.2, -0.15) is 0 Å². The summed E-state index contributed by atoms with van der Waals surface area (Å²) in [6.07, 6.45) is 1.07. The lowest BCUT2D eigenvalue weighted by atomic mass is 10.0. The van der Waals surface area contributed by atoms with Gasteiger partial charge in [0.25, 0.3) is 0 Å². The van der Waals surface area contributed by atoms with E-state index in [0.29, 0.717) is 18.5 Å². The molecule has 26 heavy (non-hydrogen) atoms. The van der Waals surface area contributed by atoms with Gasteiger partial charge in [0.05, 0.1) is 13.2 Å². The molecule has 5 nitrogen and oxygen atoms in total. The summed E-state index contributed by atoms with van der Waals surface area (Å²) in [5.74, 6) is 0.591. The largest absolute Gasteiger partial charge is 0.379 e. The van der Waals surface area contributed by atoms with Gasteiger partial charge in [-0.25, -0.2) is 4.79 Å². The zero-order chi connectivity index (χ0) is 18.4. The average Bonchev–Trinajstić information content (AvgIpc) is 2.65. The zero-order valence-corrected chi connectivity index (χ0v) is 15.7. The van der Waals surface area contributed by atoms with Crippen molar-refractivity contribution in [1.29, 1.82) is 0 Å². The van der Waals surface area contributed by atoms with E-state index in [0.717, 1.165) is 43.8 Å². The first-order valence-electron chi connectivity index (χ1n) is 9.47. The van der Waals surface area contributed by atoms with E-state index in [4.69, 9.17) is 4.74 Å². The van der Waals surface area contributed by atoms with Crippen molar-refractivity contribution in [3.8, 4) is 0 Å². The van der Waals surface area contributed by atoms with Gasteiger partial charge in [-0.1, -0.05) is 44.2 Å². The van der Waals surface area contributed by atoms with Crippen LogP contribution in [-0.2, 0) is 4.74 Å². The van der Waals surface area contributed by atoms with Crippen LogP contribution in [-0.4, -0.2) is 49.8 Å². The second-order valence-electron chi connectivity index (χ2n) is 7.33. The summed E-state index contributed by atoms with van der Waals surface area (Å²) >= 11 is 0. The van der Waals surface area contributed by atoms with E-state index in [2.05, 4.69) is 41.5 Å². The van der Waals surface area contributed by atoms with Crippen LogP contribution in [0.1, 0.15) is 20.3 Å². The van der Waals surface area contributed by atoms with Crippen LogP contribution in [0, 0.1) is 5.92 Å². The van der Waals surface area contributed by atoms with Gasteiger partial charge >= 0.3 is 6.03 Å². The maximum absolute atomic E-state index is 12.4. The number of fused-ring (bicyclic) bond motifs is 1. The van der Waals surface area contributed by atoms with Gasteiger partial charge < -0.3 is 15.4 Å². The number of amides is 2. The Kier molecular flexibility index (Phi) is 6.47. The topological polar surface area (TPSA) is 53.6 Å². The highest BCUT2D eigenvalue weighted by Gasteiger charge is 2.22. The molecule has 0 radical (unpaired) electrons. The van der Waals surface area contributed by atoms with Gasteiger partial charge in [0.1, 0.15) is 0 Å². The van der Waals surface area contributed by atoms with Crippen molar-refractivity contribution in [2.75, 3.05) is 38.2 Å². The number of nitrogens with one attached hydrogen (secondary N) is 2. The molecule has 1 aliphatic rings. The Balaban J connectivity index is 1.56. The van der Waals surface area contributed by atoms with E-state index >= 15 is 0 Å². The lowest BCUT2D eigenvalue weighted by Gasteiger charge is -2.35. The monoisotopic (exact) mass is 355 g/mol. The Labute approximate surface area is 155 Å². The van der Waals surface area contributed by atoms with Crippen molar-refractivity contribution in [3.05, 3.63) is 42.5 Å². The van der Waals surface area contributed by atoms with E-state index in [9.17, 15) is 4.79 Å². The number of ether oxygens (including phenoxy) is 1. The number of carbonyl (C=O) groups excluding carboxylic acids is 1. The van der Waals surface area contributed by atoms with Crippen molar-refractivity contribution in [1.82, 2.24) is 10.2 Å². The standard InChI is InChI=1S/C21H29N3O2/c1-16(2)13-20(24-9-11-26-12-10-24)15-22-21(25)23-19-8-7-17-5-3-4-6-18(17)14-19/h3-8,14,16,20H,9-13,15H2,1-2H3,(H2,22,23,25). The molecule has 0 saturated carbocycles. The highest BCUT2D eigenvalue weighted by molar-refractivity contribution is 5.93. The smallest absolute Gasteiger partial charge is 0.319 e. The van der Waals surface area contributed by atoms with Gasteiger partial charge in [0, 0.05) is 31.4 Å². The Morgan fingerprint density at radius 3 is 2.58 bits per heavy atom. The molecule has 5 heteroatoms. The first-order valence-corrected chi connectivity index (χ1v) is 9.47. The molecule has 1 aliphatic heterocycles. The number of anilines is 1. The normalized spacial score (nSPS) is 16.6. The Morgan fingerprint density at radius 2 is 1.85 bits per heavy atom. The summed E-state index contributed by atoms with van der Waals surface area (Å²) in [6.45, 7) is 8.52. The minimum Gasteiger partial charge on any atom is -0.379 e. The Hall–Kier alpha value is -2.11. The number of nitrogens with zero attached hydrogens (tertiary/aromatic N) is 1. The highest BCUT2D eigenvalue weighted by atomic mass is 16.5. The van der Waals surface area contributed by atoms with E-state index in [1.54, 1.807) is 0 Å². The quantitative estimate of drug-likeness (QED) is 0.831. The molecule has 140 valence electrons. The molecule has 0 aliphatic carbocycles. The molecule has 0 aromatic heterocycles. The molecule has 1 heterocycles. The number of urea groups is 1. The lowest BCUT2D eigenvalue weighted by Crippen LogP contribution is -2.49. The van der Waals surface area contributed by atoms with Gasteiger partial charge in [-0.15, -0.1) is 0 Å². The minimum absolute atomic E-state index is 0.151. The summed E-state index contributed by atoms with van der Waals surface area (Å²) in [5.41, 5.74) is 0.813. The van der Waals surface area contributed by atoms with Crippen molar-refractivity contribution < 1.29 is 9.53 Å². The van der Waals surface area contributed by atoms with Crippen LogP contribution in [0.3, 0.4) is 0 Å². The molecule has 0 spiro atoms. The molecular weight excluding hydrogens is 326 g/mol. The minimum atomic E-state index is -0.151. The third-order valence-electron chi connectivity index (χ3n) is 4.81. The van der Waals surface area contributed by atoms with E-state index in [1.165, 1.54) is 5.39 Å². The summed E-state index contributed by atoms with van der Waals surface area (Å²) in [5, 5.41) is 8.29. The molecule has 1 saturated heterocycles. The maximum Gasteiger partial charge on any atom is 0.319 e. The molecule has 2 aromatic carbocycles. The molecule has 3 rings (SSSR count). The van der Waals surface area contributed by atoms with Crippen LogP contribution in [0.25, 0.3) is 10.8 Å². The van der Waals surface area contributed by atoms with Gasteiger partial charge in [0.2, 0.25) is 0 Å². The summed E-state index contributed by atoms with van der Waals surface area (Å²) in [6, 6.07) is 14.3. The average molecular weight is 355 g/mol. The van der Waals surface area contributed by atoms with Crippen LogP contribution in [0.5, 0.6) is 0 Å². The highest BCUT2D eigenvalue weighted by Crippen LogP contribution is 2.19. The molecule has 2 amide bonds. The fraction of sp³-hybridized carbons (Fsp3) is 0.476. The van der Waals surface area contributed by atoms with Crippen molar-refractivity contribution >= 4 is 22.5 Å². The van der Waals surface area contributed by atoms with Gasteiger partial charge in [-0.3, -0.25) is 4.90 Å². The summed E-state index contributed by atoms with van der Waals surface area (Å²) < 4.78 is 5.45. The molecular formula is C21H29N3O2. The number of benzene rings is 2. The third kappa shape index (κ3) is 5.19. The first kappa shape index (κ1) is 18.7. The van der Waals surface area contributed by atoms with Crippen LogP contribution in [0.2, 0.25) is 0 Å². The molecule has 0 bridgehead atoms. The van der Waals surface area contributed by atoms with Crippen LogP contribution in [0.15, 0.2) is 42.5 Å². The number of rotatable bonds is 6. The molecule has 1 fully saturated rings. The van der Waals surface area contributed by atoms with Crippen LogP contribution >= 0.6 is 0 Å². The molecule has 2 N–H and O–H groups in total. The first-order chi connectivity index (χ1) is 12.6. The van der Waals surface area contributed by atoms with Crippen LogP contribution < -0.4 is 10.6 Å². The van der Waals surface area contributed by atoms with E-state index in [-0.39, 0.29) is 6.03 Å². The van der Waals surface area contributed by atoms with Gasteiger partial charge in [0.15, 0.2) is 0 Å². The SMILES string of the molecule is CC(C)CC(CNC(=O)Nc1ccc2ccccc2c1)N1CCOCC1. The maximum atomic E-state index is 12.4. The van der Waals surface area contributed by atoms with Crippen molar-refractivity contribution in [2.45, 2.75) is 26.3 Å². The zero-order valence-electron chi connectivity index (χ0n) is 15.7.